The van der Waals surface area contributed by atoms with Gasteiger partial charge in [-0.2, -0.15) is 0 Å². The molecule has 3 atom stereocenters. The van der Waals surface area contributed by atoms with Gasteiger partial charge in [0.25, 0.3) is 0 Å². The molecule has 0 spiro atoms. The fourth-order valence-electron chi connectivity index (χ4n) is 6.14. The lowest BCUT2D eigenvalue weighted by molar-refractivity contribution is 0.0372. The summed E-state index contributed by atoms with van der Waals surface area (Å²) in [5.41, 5.74) is 1.46. The number of piperidine rings is 2. The highest BCUT2D eigenvalue weighted by atomic mass is 15.3. The lowest BCUT2D eigenvalue weighted by Gasteiger charge is -2.48. The number of hydrogen-bond donors (Lipinski definition) is 1. The van der Waals surface area contributed by atoms with Gasteiger partial charge < -0.3 is 15.1 Å². The molecule has 3 unspecified atom stereocenters. The van der Waals surface area contributed by atoms with Gasteiger partial charge in [-0.15, -0.1) is 0 Å². The van der Waals surface area contributed by atoms with Crippen LogP contribution in [0.15, 0.2) is 35.3 Å². The van der Waals surface area contributed by atoms with Crippen molar-refractivity contribution in [2.45, 2.75) is 64.1 Å². The zero-order valence-electron chi connectivity index (χ0n) is 19.4. The van der Waals surface area contributed by atoms with Crippen LogP contribution in [0.2, 0.25) is 0 Å². The Kier molecular flexibility index (Phi) is 6.80. The Hall–Kier alpha value is -1.59. The van der Waals surface area contributed by atoms with E-state index in [0.717, 1.165) is 50.1 Å². The van der Waals surface area contributed by atoms with Gasteiger partial charge in [-0.05, 0) is 75.9 Å². The van der Waals surface area contributed by atoms with Crippen molar-refractivity contribution in [3.8, 4) is 0 Å². The molecule has 5 rings (SSSR count). The summed E-state index contributed by atoms with van der Waals surface area (Å²) in [7, 11) is 0. The van der Waals surface area contributed by atoms with E-state index in [0.29, 0.717) is 0 Å². The molecule has 170 valence electrons. The third-order valence-electron chi connectivity index (χ3n) is 7.93. The Morgan fingerprint density at radius 2 is 1.87 bits per heavy atom. The zero-order chi connectivity index (χ0) is 21.0. The number of nitrogens with one attached hydrogen (secondary N) is 1. The fourth-order valence-corrected chi connectivity index (χ4v) is 6.14. The Bertz CT molecular complexity index is 731. The van der Waals surface area contributed by atoms with Crippen LogP contribution in [0, 0.1) is 11.8 Å². The van der Waals surface area contributed by atoms with E-state index >= 15 is 0 Å². The molecule has 1 aromatic rings. The molecule has 0 aromatic heterocycles. The molecule has 31 heavy (non-hydrogen) atoms. The van der Waals surface area contributed by atoms with Crippen molar-refractivity contribution in [1.82, 2.24) is 20.0 Å². The lowest BCUT2D eigenvalue weighted by atomic mass is 9.83. The number of rotatable bonds is 6. The van der Waals surface area contributed by atoms with E-state index in [-0.39, 0.29) is 0 Å². The van der Waals surface area contributed by atoms with E-state index in [1.807, 2.05) is 0 Å². The second kappa shape index (κ2) is 9.91. The summed E-state index contributed by atoms with van der Waals surface area (Å²) < 4.78 is 0. The summed E-state index contributed by atoms with van der Waals surface area (Å²) in [6.07, 6.45) is 8.14. The van der Waals surface area contributed by atoms with E-state index in [2.05, 4.69) is 57.3 Å². The maximum atomic E-state index is 5.15. The molecule has 4 fully saturated rings. The van der Waals surface area contributed by atoms with E-state index in [1.54, 1.807) is 0 Å². The fraction of sp³-hybridized carbons (Fsp3) is 0.731. The van der Waals surface area contributed by atoms with Gasteiger partial charge in [0.2, 0.25) is 0 Å². The number of fused-ring (bicyclic) bond motifs is 1. The minimum Gasteiger partial charge on any atom is -0.357 e. The maximum Gasteiger partial charge on any atom is 0.193 e. The van der Waals surface area contributed by atoms with Gasteiger partial charge in [0.05, 0.1) is 0 Å². The number of aliphatic imine (C=N–C) groups is 1. The van der Waals surface area contributed by atoms with E-state index in [9.17, 15) is 0 Å². The molecule has 5 nitrogen and oxygen atoms in total. The van der Waals surface area contributed by atoms with Crippen molar-refractivity contribution in [1.29, 1.82) is 0 Å². The van der Waals surface area contributed by atoms with E-state index in [4.69, 9.17) is 4.99 Å². The summed E-state index contributed by atoms with van der Waals surface area (Å²) in [5.74, 6) is 2.70. The number of likely N-dealkylation sites (tertiary alicyclic amines) is 3. The zero-order valence-corrected chi connectivity index (χ0v) is 19.4. The lowest BCUT2D eigenvalue weighted by Crippen LogP contribution is -2.56. The molecule has 0 amide bonds. The molecule has 1 aromatic carbocycles. The third-order valence-corrected chi connectivity index (χ3v) is 7.93. The number of hydrogen-bond acceptors (Lipinski definition) is 3. The van der Waals surface area contributed by atoms with Crippen molar-refractivity contribution in [3.63, 3.8) is 0 Å². The molecule has 1 N–H and O–H groups in total. The average molecular weight is 424 g/mol. The summed E-state index contributed by atoms with van der Waals surface area (Å²) >= 11 is 0. The van der Waals surface area contributed by atoms with Crippen LogP contribution in [0.4, 0.5) is 0 Å². The molecular formula is C26H41N5. The van der Waals surface area contributed by atoms with Crippen LogP contribution in [0.25, 0.3) is 0 Å². The first-order chi connectivity index (χ1) is 15.3. The molecule has 0 radical (unpaired) electrons. The van der Waals surface area contributed by atoms with Crippen LogP contribution < -0.4 is 5.32 Å². The summed E-state index contributed by atoms with van der Waals surface area (Å²) in [4.78, 5) is 13.2. The predicted octanol–water partition coefficient (Wildman–Crippen LogP) is 3.42. The van der Waals surface area contributed by atoms with Crippen molar-refractivity contribution in [2.75, 3.05) is 45.8 Å². The number of guanidine groups is 1. The van der Waals surface area contributed by atoms with Gasteiger partial charge in [-0.3, -0.25) is 9.89 Å². The maximum absolute atomic E-state index is 5.15. The predicted molar refractivity (Wildman–Crippen MR) is 128 cm³/mol. The highest BCUT2D eigenvalue weighted by Gasteiger charge is 2.37. The van der Waals surface area contributed by atoms with Gasteiger partial charge in [0.15, 0.2) is 5.96 Å². The first kappa shape index (κ1) is 21.3. The summed E-state index contributed by atoms with van der Waals surface area (Å²) in [6, 6.07) is 12.7. The molecule has 1 saturated carbocycles. The molecule has 3 saturated heterocycles. The summed E-state index contributed by atoms with van der Waals surface area (Å²) in [6.45, 7) is 11.4. The minimum atomic E-state index is 0.731. The van der Waals surface area contributed by atoms with Crippen LogP contribution in [-0.4, -0.2) is 78.6 Å². The standard InChI is InChI=1S/C26H41N5/c1-2-27-26(28-17-22-12-15-29(19-22)24-10-11-24)31-16-13-25-23(20-31)9-6-14-30(25)18-21-7-4-3-5-8-21/h3-5,7-8,22-25H,2,6,9-20H2,1H3,(H,27,28). The van der Waals surface area contributed by atoms with Crippen LogP contribution in [0.1, 0.15) is 51.0 Å². The molecule has 4 aliphatic rings. The van der Waals surface area contributed by atoms with Crippen molar-refractivity contribution in [2.24, 2.45) is 16.8 Å². The van der Waals surface area contributed by atoms with Crippen LogP contribution in [-0.2, 0) is 6.54 Å². The van der Waals surface area contributed by atoms with Crippen LogP contribution in [0.3, 0.4) is 0 Å². The Labute approximate surface area is 188 Å². The Morgan fingerprint density at radius 1 is 1.00 bits per heavy atom. The Balaban J connectivity index is 1.18. The van der Waals surface area contributed by atoms with Gasteiger partial charge in [0, 0.05) is 51.4 Å². The molecular weight excluding hydrogens is 382 g/mol. The minimum absolute atomic E-state index is 0.731. The highest BCUT2D eigenvalue weighted by Crippen LogP contribution is 2.33. The van der Waals surface area contributed by atoms with Crippen LogP contribution >= 0.6 is 0 Å². The van der Waals surface area contributed by atoms with Crippen LogP contribution in [0.5, 0.6) is 0 Å². The second-order valence-corrected chi connectivity index (χ2v) is 10.2. The van der Waals surface area contributed by atoms with Crippen molar-refractivity contribution >= 4 is 5.96 Å². The number of benzene rings is 1. The molecule has 1 aliphatic carbocycles. The number of nitrogens with zero attached hydrogens (tertiary/aromatic N) is 4. The van der Waals surface area contributed by atoms with Crippen molar-refractivity contribution in [3.05, 3.63) is 35.9 Å². The smallest absolute Gasteiger partial charge is 0.193 e. The molecule has 3 aliphatic heterocycles. The highest BCUT2D eigenvalue weighted by molar-refractivity contribution is 5.80. The first-order valence-electron chi connectivity index (χ1n) is 12.9. The van der Waals surface area contributed by atoms with Crippen molar-refractivity contribution < 1.29 is 0 Å². The normalized spacial score (nSPS) is 30.4. The van der Waals surface area contributed by atoms with Gasteiger partial charge >= 0.3 is 0 Å². The molecule has 5 heteroatoms. The summed E-state index contributed by atoms with van der Waals surface area (Å²) in [5, 5.41) is 3.62. The molecule has 0 bridgehead atoms. The van der Waals surface area contributed by atoms with E-state index in [1.165, 1.54) is 76.2 Å². The SMILES string of the molecule is CCNC(=NCC1CCN(C2CC2)C1)N1CCC2C(CCCN2Cc2ccccc2)C1. The largest absolute Gasteiger partial charge is 0.357 e. The second-order valence-electron chi connectivity index (χ2n) is 10.2. The quantitative estimate of drug-likeness (QED) is 0.562. The van der Waals surface area contributed by atoms with Gasteiger partial charge in [0.1, 0.15) is 0 Å². The molecule has 3 heterocycles. The average Bonchev–Trinajstić information content (AvgIpc) is 3.55. The van der Waals surface area contributed by atoms with Gasteiger partial charge in [-0.25, -0.2) is 0 Å². The van der Waals surface area contributed by atoms with E-state index < -0.39 is 0 Å². The monoisotopic (exact) mass is 423 g/mol. The topological polar surface area (TPSA) is 34.1 Å². The van der Waals surface area contributed by atoms with Gasteiger partial charge in [-0.1, -0.05) is 30.3 Å². The first-order valence-corrected chi connectivity index (χ1v) is 12.9. The third kappa shape index (κ3) is 5.25. The Morgan fingerprint density at radius 3 is 2.68 bits per heavy atom.